The molecule has 0 bridgehead atoms. The summed E-state index contributed by atoms with van der Waals surface area (Å²) in [7, 11) is 0. The molecule has 19 heavy (non-hydrogen) atoms. The van der Waals surface area contributed by atoms with Crippen LogP contribution in [0.1, 0.15) is 11.1 Å². The molecule has 2 aromatic carbocycles. The van der Waals surface area contributed by atoms with Gasteiger partial charge in [-0.25, -0.2) is 0 Å². The minimum atomic E-state index is -0.550. The molecule has 0 heterocycles. The normalized spacial score (nSPS) is 10.3. The molecule has 98 valence electrons. The highest BCUT2D eigenvalue weighted by Gasteiger charge is 2.15. The van der Waals surface area contributed by atoms with Gasteiger partial charge in [0.1, 0.15) is 12.4 Å². The lowest BCUT2D eigenvalue weighted by Gasteiger charge is -2.14. The van der Waals surface area contributed by atoms with Gasteiger partial charge in [0.05, 0.1) is 4.47 Å². The average molecular weight is 319 g/mol. The molecule has 0 spiro atoms. The van der Waals surface area contributed by atoms with Crippen LogP contribution in [0.5, 0.6) is 5.75 Å². The first-order valence-electron chi connectivity index (χ1n) is 6.22. The monoisotopic (exact) mass is 318 g/mol. The maximum absolute atomic E-state index is 9.76. The Balaban J connectivity index is 2.17. The highest BCUT2D eigenvalue weighted by molar-refractivity contribution is 9.10. The first kappa shape index (κ1) is 14.2. The lowest BCUT2D eigenvalue weighted by Crippen LogP contribution is -2.28. The van der Waals surface area contributed by atoms with Crippen LogP contribution in [-0.2, 0) is 6.61 Å². The molecule has 4 heteroatoms. The molecule has 2 rings (SSSR count). The van der Waals surface area contributed by atoms with Crippen molar-refractivity contribution < 1.29 is 9.76 Å². The van der Waals surface area contributed by atoms with Crippen molar-refractivity contribution >= 4 is 28.3 Å². The smallest absolute Gasteiger partial charge is 0.324 e. The van der Waals surface area contributed by atoms with Crippen molar-refractivity contribution in [1.29, 1.82) is 0 Å². The van der Waals surface area contributed by atoms with Gasteiger partial charge in [0.25, 0.3) is 0 Å². The van der Waals surface area contributed by atoms with Gasteiger partial charge in [-0.05, 0) is 39.9 Å². The number of aryl methyl sites for hydroxylation is 1. The van der Waals surface area contributed by atoms with E-state index in [-0.39, 0.29) is 0 Å². The van der Waals surface area contributed by atoms with Crippen LogP contribution in [0.25, 0.3) is 0 Å². The maximum atomic E-state index is 9.76. The van der Waals surface area contributed by atoms with Gasteiger partial charge in [-0.3, -0.25) is 0 Å². The molecule has 0 radical (unpaired) electrons. The van der Waals surface area contributed by atoms with E-state index in [9.17, 15) is 5.02 Å². The SMILES string of the molecule is CB(O)c1cccc(Br)c1OCc1ccc(C)cc1. The van der Waals surface area contributed by atoms with Crippen LogP contribution in [0.2, 0.25) is 6.82 Å². The molecule has 0 aliphatic rings. The lowest BCUT2D eigenvalue weighted by atomic mass is 9.64. The molecule has 0 unspecified atom stereocenters. The van der Waals surface area contributed by atoms with E-state index in [4.69, 9.17) is 4.74 Å². The summed E-state index contributed by atoms with van der Waals surface area (Å²) in [5, 5.41) is 9.76. The van der Waals surface area contributed by atoms with Gasteiger partial charge in [-0.1, -0.05) is 48.8 Å². The summed E-state index contributed by atoms with van der Waals surface area (Å²) in [6, 6.07) is 13.9. The first-order chi connectivity index (χ1) is 9.08. The fourth-order valence-corrected chi connectivity index (χ4v) is 2.34. The summed E-state index contributed by atoms with van der Waals surface area (Å²) in [6.07, 6.45) is 0. The number of ether oxygens (including phenoxy) is 1. The van der Waals surface area contributed by atoms with E-state index in [1.54, 1.807) is 6.82 Å². The van der Waals surface area contributed by atoms with Gasteiger partial charge in [0.15, 0.2) is 0 Å². The van der Waals surface area contributed by atoms with Gasteiger partial charge in [-0.15, -0.1) is 0 Å². The fourth-order valence-electron chi connectivity index (χ4n) is 1.85. The van der Waals surface area contributed by atoms with Gasteiger partial charge in [0.2, 0.25) is 0 Å². The summed E-state index contributed by atoms with van der Waals surface area (Å²) < 4.78 is 6.71. The van der Waals surface area contributed by atoms with Gasteiger partial charge in [-0.2, -0.15) is 0 Å². The van der Waals surface area contributed by atoms with Crippen molar-refractivity contribution in [2.45, 2.75) is 20.4 Å². The van der Waals surface area contributed by atoms with Crippen molar-refractivity contribution in [3.8, 4) is 5.75 Å². The number of para-hydroxylation sites is 1. The van der Waals surface area contributed by atoms with Gasteiger partial charge >= 0.3 is 6.92 Å². The van der Waals surface area contributed by atoms with Crippen LogP contribution in [0.3, 0.4) is 0 Å². The van der Waals surface area contributed by atoms with E-state index < -0.39 is 6.92 Å². The molecular weight excluding hydrogens is 303 g/mol. The van der Waals surface area contributed by atoms with E-state index in [1.165, 1.54) is 5.56 Å². The molecule has 2 aromatic rings. The van der Waals surface area contributed by atoms with Crippen molar-refractivity contribution in [1.82, 2.24) is 0 Å². The van der Waals surface area contributed by atoms with E-state index >= 15 is 0 Å². The zero-order valence-corrected chi connectivity index (χ0v) is 12.6. The third-order valence-corrected chi connectivity index (χ3v) is 3.58. The Hall–Kier alpha value is -1.26. The molecule has 0 atom stereocenters. The van der Waals surface area contributed by atoms with Gasteiger partial charge < -0.3 is 9.76 Å². The first-order valence-corrected chi connectivity index (χ1v) is 7.02. The van der Waals surface area contributed by atoms with Crippen LogP contribution in [0, 0.1) is 6.92 Å². The standard InChI is InChI=1S/C15H16BBrO2/c1-11-6-8-12(9-7-11)10-19-15-13(16(2)18)4-3-5-14(15)17/h3-9,18H,10H2,1-2H3. The minimum Gasteiger partial charge on any atom is -0.488 e. The van der Waals surface area contributed by atoms with E-state index in [0.717, 1.165) is 15.5 Å². The molecule has 0 aromatic heterocycles. The molecule has 0 saturated carbocycles. The summed E-state index contributed by atoms with van der Waals surface area (Å²) in [6.45, 7) is 3.73. The number of hydrogen-bond donors (Lipinski definition) is 1. The third-order valence-electron chi connectivity index (χ3n) is 2.95. The Labute approximate surface area is 122 Å². The number of halogens is 1. The third kappa shape index (κ3) is 3.61. The summed E-state index contributed by atoms with van der Waals surface area (Å²) in [5.41, 5.74) is 3.13. The Kier molecular flexibility index (Phi) is 4.67. The van der Waals surface area contributed by atoms with E-state index in [0.29, 0.717) is 12.4 Å². The summed E-state index contributed by atoms with van der Waals surface area (Å²) >= 11 is 3.46. The second kappa shape index (κ2) is 6.26. The number of benzene rings is 2. The molecule has 0 aliphatic heterocycles. The Morgan fingerprint density at radius 2 is 1.84 bits per heavy atom. The van der Waals surface area contributed by atoms with Crippen molar-refractivity contribution in [3.63, 3.8) is 0 Å². The minimum absolute atomic E-state index is 0.489. The second-order valence-electron chi connectivity index (χ2n) is 4.61. The molecule has 1 N–H and O–H groups in total. The van der Waals surface area contributed by atoms with Crippen molar-refractivity contribution in [2.24, 2.45) is 0 Å². The topological polar surface area (TPSA) is 29.5 Å². The highest BCUT2D eigenvalue weighted by atomic mass is 79.9. The second-order valence-corrected chi connectivity index (χ2v) is 5.46. The quantitative estimate of drug-likeness (QED) is 0.877. The van der Waals surface area contributed by atoms with Crippen LogP contribution >= 0.6 is 15.9 Å². The fraction of sp³-hybridized carbons (Fsp3) is 0.200. The van der Waals surface area contributed by atoms with Crippen molar-refractivity contribution in [2.75, 3.05) is 0 Å². The van der Waals surface area contributed by atoms with Crippen LogP contribution in [0.4, 0.5) is 0 Å². The summed E-state index contributed by atoms with van der Waals surface area (Å²) in [4.78, 5) is 0. The molecule has 0 aliphatic carbocycles. The summed E-state index contributed by atoms with van der Waals surface area (Å²) in [5.74, 6) is 0.707. The number of rotatable bonds is 4. The zero-order chi connectivity index (χ0) is 13.8. The number of hydrogen-bond acceptors (Lipinski definition) is 2. The predicted octanol–water partition coefficient (Wildman–Crippen LogP) is 3.16. The Bertz CT molecular complexity index is 553. The van der Waals surface area contributed by atoms with E-state index in [1.807, 2.05) is 30.3 Å². The molecule has 0 saturated heterocycles. The predicted molar refractivity (Wildman–Crippen MR) is 83.1 cm³/mol. The molecule has 2 nitrogen and oxygen atoms in total. The molecule has 0 fully saturated rings. The van der Waals surface area contributed by atoms with Crippen LogP contribution in [0.15, 0.2) is 46.9 Å². The van der Waals surface area contributed by atoms with Crippen LogP contribution < -0.4 is 10.2 Å². The average Bonchev–Trinajstić information content (AvgIpc) is 2.39. The maximum Gasteiger partial charge on any atom is 0.324 e. The molecular formula is C15H16BBrO2. The van der Waals surface area contributed by atoms with Gasteiger partial charge in [0, 0.05) is 0 Å². The highest BCUT2D eigenvalue weighted by Crippen LogP contribution is 2.23. The molecule has 0 amide bonds. The van der Waals surface area contributed by atoms with Crippen LogP contribution in [-0.4, -0.2) is 11.9 Å². The van der Waals surface area contributed by atoms with E-state index in [2.05, 4.69) is 35.0 Å². The largest absolute Gasteiger partial charge is 0.488 e. The lowest BCUT2D eigenvalue weighted by molar-refractivity contribution is 0.306. The van der Waals surface area contributed by atoms with Crippen molar-refractivity contribution in [3.05, 3.63) is 58.1 Å². The Morgan fingerprint density at radius 3 is 2.47 bits per heavy atom. The zero-order valence-electron chi connectivity index (χ0n) is 11.1. The Morgan fingerprint density at radius 1 is 1.16 bits per heavy atom.